The van der Waals surface area contributed by atoms with Gasteiger partial charge in [0.1, 0.15) is 23.5 Å². The molecule has 0 N–H and O–H groups in total. The van der Waals surface area contributed by atoms with Gasteiger partial charge >= 0.3 is 0 Å². The van der Waals surface area contributed by atoms with Gasteiger partial charge in [0.15, 0.2) is 0 Å². The number of hydrogen-bond acceptors (Lipinski definition) is 0. The molecule has 0 bridgehead atoms. The van der Waals surface area contributed by atoms with Crippen LogP contribution in [0.25, 0.3) is 111 Å². The molecule has 0 amide bonds. The minimum Gasteiger partial charge on any atom is -0.310 e. The fourth-order valence-electron chi connectivity index (χ4n) is 10.0. The Balaban J connectivity index is 1.08. The number of aromatic nitrogens is 2. The molecular formula is C60H37B3N2. The molecule has 296 valence electrons. The molecule has 10 aromatic carbocycles. The average molecular weight is 818 g/mol. The van der Waals surface area contributed by atoms with Gasteiger partial charge in [0.25, 0.3) is 0 Å². The molecule has 2 heterocycles. The third-order valence-corrected chi connectivity index (χ3v) is 13.1. The van der Waals surface area contributed by atoms with Crippen LogP contribution in [-0.2, 0) is 0 Å². The lowest BCUT2D eigenvalue weighted by Crippen LogP contribution is -2.35. The Morgan fingerprint density at radius 3 is 1.37 bits per heavy atom. The van der Waals surface area contributed by atoms with Crippen molar-refractivity contribution in [2.24, 2.45) is 0 Å². The first kappa shape index (κ1) is 38.7. The lowest BCUT2D eigenvalue weighted by Gasteiger charge is -2.19. The summed E-state index contributed by atoms with van der Waals surface area (Å²) in [6.07, 6.45) is 0. The molecule has 0 aliphatic rings. The molecule has 0 spiro atoms. The van der Waals surface area contributed by atoms with Crippen LogP contribution in [0.3, 0.4) is 0 Å². The van der Waals surface area contributed by atoms with E-state index in [2.05, 4.69) is 228 Å². The Hall–Kier alpha value is -8.01. The van der Waals surface area contributed by atoms with E-state index in [9.17, 15) is 0 Å². The number of hydrogen-bond donors (Lipinski definition) is 0. The van der Waals surface area contributed by atoms with Gasteiger partial charge in [0.05, 0.1) is 16.6 Å². The molecule has 2 aromatic heterocycles. The Bertz CT molecular complexity index is 3760. The standard InChI is InChI=1S/C60H37B3N2/c61-56-54(57(62)58(63)60-55(56)50-23-12-13-26-52(50)65(60)45-34-29-41(30-35-45)39-17-6-2-7-18-39)43-31-36-53-51(37-43)49-25-14-24-48(47-22-11-10-21-46(47)42-19-8-3-9-20-42)59(49)64(53)44-32-27-40(28-33-44)38-15-4-1-5-16-38/h1-37H. The Morgan fingerprint density at radius 1 is 0.277 bits per heavy atom. The third kappa shape index (κ3) is 6.30. The molecule has 0 aliphatic carbocycles. The highest BCUT2D eigenvalue weighted by atomic mass is 15.0. The lowest BCUT2D eigenvalue weighted by molar-refractivity contribution is 1.18. The number of para-hydroxylation sites is 2. The monoisotopic (exact) mass is 818 g/mol. The SMILES string of the molecule is [B]c1c(-c2ccc3c(c2)c2cccc(-c4ccccc4-c4ccccc4)c2n3-c2ccc(-c3ccccc3)cc2)c([B])c2c3ccccc3n(-c3ccc(-c4ccccc4)cc3)c2c1[B]. The number of fused-ring (bicyclic) bond motifs is 6. The van der Waals surface area contributed by atoms with Gasteiger partial charge in [0, 0.05) is 44.0 Å². The summed E-state index contributed by atoms with van der Waals surface area (Å²) in [7, 11) is 21.9. The van der Waals surface area contributed by atoms with E-state index in [1.165, 1.54) is 16.7 Å². The minimum absolute atomic E-state index is 0.456. The molecule has 12 rings (SSSR count). The van der Waals surface area contributed by atoms with E-state index in [0.29, 0.717) is 16.4 Å². The maximum Gasteiger partial charge on any atom is 0.115 e. The van der Waals surface area contributed by atoms with Crippen molar-refractivity contribution in [2.45, 2.75) is 0 Å². The summed E-state index contributed by atoms with van der Waals surface area (Å²) in [6, 6.07) is 79.3. The average Bonchev–Trinajstić information content (AvgIpc) is 3.90. The van der Waals surface area contributed by atoms with Crippen molar-refractivity contribution in [3.63, 3.8) is 0 Å². The lowest BCUT2D eigenvalue weighted by atomic mass is 9.69. The minimum atomic E-state index is 0.456. The molecule has 0 saturated heterocycles. The summed E-state index contributed by atoms with van der Waals surface area (Å²) in [5.74, 6) is 0. The van der Waals surface area contributed by atoms with E-state index < -0.39 is 0 Å². The zero-order valence-electron chi connectivity index (χ0n) is 35.5. The second-order valence-corrected chi connectivity index (χ2v) is 16.7. The van der Waals surface area contributed by atoms with Crippen LogP contribution in [-0.4, -0.2) is 32.7 Å². The summed E-state index contributed by atoms with van der Waals surface area (Å²) in [4.78, 5) is 0. The quantitative estimate of drug-likeness (QED) is 0.142. The maximum atomic E-state index is 7.41. The van der Waals surface area contributed by atoms with Gasteiger partial charge in [-0.05, 0) is 92.5 Å². The van der Waals surface area contributed by atoms with Gasteiger partial charge in [-0.2, -0.15) is 0 Å². The highest BCUT2D eigenvalue weighted by molar-refractivity contribution is 6.60. The molecule has 65 heavy (non-hydrogen) atoms. The molecule has 0 saturated carbocycles. The van der Waals surface area contributed by atoms with E-state index in [1.54, 1.807) is 0 Å². The molecule has 5 heteroatoms. The summed E-state index contributed by atoms with van der Waals surface area (Å²) >= 11 is 0. The van der Waals surface area contributed by atoms with Crippen molar-refractivity contribution in [1.29, 1.82) is 0 Å². The molecular weight excluding hydrogens is 781 g/mol. The van der Waals surface area contributed by atoms with Crippen molar-refractivity contribution in [3.05, 3.63) is 224 Å². The summed E-state index contributed by atoms with van der Waals surface area (Å²) < 4.78 is 4.60. The van der Waals surface area contributed by atoms with Crippen LogP contribution in [0.1, 0.15) is 0 Å². The normalized spacial score (nSPS) is 11.6. The Kier molecular flexibility index (Phi) is 9.31. The Morgan fingerprint density at radius 2 is 0.738 bits per heavy atom. The van der Waals surface area contributed by atoms with Crippen LogP contribution in [0.2, 0.25) is 0 Å². The zero-order valence-corrected chi connectivity index (χ0v) is 35.5. The molecule has 2 nitrogen and oxygen atoms in total. The van der Waals surface area contributed by atoms with Gasteiger partial charge in [-0.1, -0.05) is 198 Å². The van der Waals surface area contributed by atoms with E-state index in [4.69, 9.17) is 23.5 Å². The van der Waals surface area contributed by atoms with Crippen LogP contribution >= 0.6 is 0 Å². The van der Waals surface area contributed by atoms with E-state index >= 15 is 0 Å². The van der Waals surface area contributed by atoms with Gasteiger partial charge in [-0.25, -0.2) is 0 Å². The maximum absolute atomic E-state index is 7.41. The number of nitrogens with zero attached hydrogens (tertiary/aromatic N) is 2. The van der Waals surface area contributed by atoms with Crippen LogP contribution in [0.4, 0.5) is 0 Å². The topological polar surface area (TPSA) is 9.86 Å². The first-order chi connectivity index (χ1) is 32.0. The molecule has 6 radical (unpaired) electrons. The fourth-order valence-corrected chi connectivity index (χ4v) is 10.0. The molecule has 0 atom stereocenters. The molecule has 0 unspecified atom stereocenters. The van der Waals surface area contributed by atoms with Crippen molar-refractivity contribution < 1.29 is 0 Å². The van der Waals surface area contributed by atoms with Gasteiger partial charge in [-0.15, -0.1) is 0 Å². The predicted octanol–water partition coefficient (Wildman–Crippen LogP) is 12.6. The highest BCUT2D eigenvalue weighted by Gasteiger charge is 2.23. The Labute approximate surface area is 382 Å². The van der Waals surface area contributed by atoms with Crippen LogP contribution in [0, 0.1) is 0 Å². The summed E-state index contributed by atoms with van der Waals surface area (Å²) in [5.41, 5.74) is 18.5. The molecule has 0 fully saturated rings. The third-order valence-electron chi connectivity index (χ3n) is 13.1. The fraction of sp³-hybridized carbons (Fsp3) is 0. The molecule has 12 aromatic rings. The van der Waals surface area contributed by atoms with Crippen molar-refractivity contribution >= 4 is 83.5 Å². The van der Waals surface area contributed by atoms with E-state index in [-0.39, 0.29) is 0 Å². The largest absolute Gasteiger partial charge is 0.310 e. The van der Waals surface area contributed by atoms with Gasteiger partial charge < -0.3 is 9.13 Å². The van der Waals surface area contributed by atoms with Crippen molar-refractivity contribution in [1.82, 2.24) is 9.13 Å². The van der Waals surface area contributed by atoms with E-state index in [0.717, 1.165) is 93.9 Å². The number of rotatable bonds is 7. The highest BCUT2D eigenvalue weighted by Crippen LogP contribution is 2.43. The van der Waals surface area contributed by atoms with Crippen molar-refractivity contribution in [3.8, 4) is 67.0 Å². The van der Waals surface area contributed by atoms with Crippen LogP contribution in [0.5, 0.6) is 0 Å². The van der Waals surface area contributed by atoms with E-state index in [1.807, 2.05) is 6.07 Å². The zero-order chi connectivity index (χ0) is 43.6. The molecule has 0 aliphatic heterocycles. The summed E-state index contributed by atoms with van der Waals surface area (Å²) in [5, 5.41) is 4.10. The first-order valence-corrected chi connectivity index (χ1v) is 22.0. The second kappa shape index (κ2) is 15.7. The number of benzene rings is 10. The first-order valence-electron chi connectivity index (χ1n) is 22.0. The smallest absolute Gasteiger partial charge is 0.115 e. The van der Waals surface area contributed by atoms with Gasteiger partial charge in [-0.3, -0.25) is 0 Å². The predicted molar refractivity (Wildman–Crippen MR) is 278 cm³/mol. The summed E-state index contributed by atoms with van der Waals surface area (Å²) in [6.45, 7) is 0. The van der Waals surface area contributed by atoms with Crippen molar-refractivity contribution in [2.75, 3.05) is 0 Å². The van der Waals surface area contributed by atoms with Gasteiger partial charge in [0.2, 0.25) is 0 Å². The second-order valence-electron chi connectivity index (χ2n) is 16.7. The van der Waals surface area contributed by atoms with Crippen LogP contribution < -0.4 is 16.4 Å². The van der Waals surface area contributed by atoms with Crippen LogP contribution in [0.15, 0.2) is 224 Å².